The molecule has 4 saturated carbocycles. The van der Waals surface area contributed by atoms with E-state index in [1.165, 1.54) is 32.1 Å². The van der Waals surface area contributed by atoms with Crippen LogP contribution >= 0.6 is 0 Å². The normalized spacial score (nSPS) is 46.8. The van der Waals surface area contributed by atoms with Crippen molar-refractivity contribution in [3.63, 3.8) is 0 Å². The summed E-state index contributed by atoms with van der Waals surface area (Å²) in [5, 5.41) is 9.47. The minimum absolute atomic E-state index is 0.198. The number of rotatable bonds is 2. The van der Waals surface area contributed by atoms with Crippen molar-refractivity contribution in [3.8, 4) is 0 Å². The van der Waals surface area contributed by atoms with Gasteiger partial charge >= 0.3 is 5.97 Å². The number of hydrogen-bond donors (Lipinski definition) is 1. The largest absolute Gasteiger partial charge is 0.481 e. The third-order valence-electron chi connectivity index (χ3n) is 7.04. The first-order valence-corrected chi connectivity index (χ1v) is 8.98. The maximum Gasteiger partial charge on any atom is 0.311 e. The molecule has 5 aliphatic rings. The predicted molar refractivity (Wildman–Crippen MR) is 82.1 cm³/mol. The van der Waals surface area contributed by atoms with Gasteiger partial charge in [-0.2, -0.15) is 0 Å². The summed E-state index contributed by atoms with van der Waals surface area (Å²) in [5.41, 5.74) is -0.750. The number of carboxylic acids is 1. The van der Waals surface area contributed by atoms with Gasteiger partial charge in [0.05, 0.1) is 5.41 Å². The molecule has 4 heteroatoms. The van der Waals surface area contributed by atoms with Crippen molar-refractivity contribution >= 4 is 11.9 Å². The second kappa shape index (κ2) is 4.97. The Labute approximate surface area is 132 Å². The van der Waals surface area contributed by atoms with E-state index in [-0.39, 0.29) is 11.8 Å². The Hall–Kier alpha value is -1.06. The van der Waals surface area contributed by atoms with E-state index in [1.807, 2.05) is 4.90 Å². The quantitative estimate of drug-likeness (QED) is 0.853. The summed E-state index contributed by atoms with van der Waals surface area (Å²) in [5.74, 6) is 2.64. The van der Waals surface area contributed by atoms with Crippen LogP contribution in [-0.2, 0) is 9.59 Å². The SMILES string of the molecule is CC1(C(=O)O)CCCN(C(=O)C2C3CC4CC(C3)CC2C4)C1. The molecule has 1 saturated heterocycles. The van der Waals surface area contributed by atoms with E-state index in [0.717, 1.165) is 24.8 Å². The lowest BCUT2D eigenvalue weighted by Gasteiger charge is -2.55. The number of aliphatic carboxylic acids is 1. The number of amides is 1. The van der Waals surface area contributed by atoms with Gasteiger partial charge in [-0.05, 0) is 75.5 Å². The van der Waals surface area contributed by atoms with E-state index in [0.29, 0.717) is 24.8 Å². The van der Waals surface area contributed by atoms with E-state index in [2.05, 4.69) is 0 Å². The van der Waals surface area contributed by atoms with Gasteiger partial charge in [0.25, 0.3) is 0 Å². The summed E-state index contributed by atoms with van der Waals surface area (Å²) in [6.45, 7) is 2.96. The second-order valence-electron chi connectivity index (χ2n) is 8.69. The Morgan fingerprint density at radius 3 is 2.18 bits per heavy atom. The van der Waals surface area contributed by atoms with E-state index < -0.39 is 11.4 Å². The van der Waals surface area contributed by atoms with Gasteiger partial charge in [0, 0.05) is 19.0 Å². The van der Waals surface area contributed by atoms with Crippen LogP contribution in [0.15, 0.2) is 0 Å². The van der Waals surface area contributed by atoms with Crippen LogP contribution in [0.1, 0.15) is 51.9 Å². The molecule has 1 amide bonds. The van der Waals surface area contributed by atoms with Crippen LogP contribution in [0.25, 0.3) is 0 Å². The molecule has 5 rings (SSSR count). The van der Waals surface area contributed by atoms with Crippen molar-refractivity contribution in [1.29, 1.82) is 0 Å². The zero-order valence-corrected chi connectivity index (χ0v) is 13.5. The third kappa shape index (κ3) is 2.17. The number of carboxylic acid groups (broad SMARTS) is 1. The first-order valence-electron chi connectivity index (χ1n) is 8.98. The average molecular weight is 305 g/mol. The van der Waals surface area contributed by atoms with E-state index in [9.17, 15) is 14.7 Å². The zero-order valence-electron chi connectivity index (χ0n) is 13.5. The summed E-state index contributed by atoms with van der Waals surface area (Å²) < 4.78 is 0. The summed E-state index contributed by atoms with van der Waals surface area (Å²) in [6, 6.07) is 0. The highest BCUT2D eigenvalue weighted by Gasteiger charge is 2.52. The first kappa shape index (κ1) is 14.5. The molecule has 4 aliphatic carbocycles. The highest BCUT2D eigenvalue weighted by atomic mass is 16.4. The molecule has 0 aromatic carbocycles. The molecule has 0 aromatic heterocycles. The fourth-order valence-corrected chi connectivity index (χ4v) is 6.14. The van der Waals surface area contributed by atoms with Gasteiger partial charge in [0.1, 0.15) is 0 Å². The fourth-order valence-electron chi connectivity index (χ4n) is 6.14. The van der Waals surface area contributed by atoms with Crippen molar-refractivity contribution in [2.45, 2.75) is 51.9 Å². The maximum absolute atomic E-state index is 13.1. The van der Waals surface area contributed by atoms with E-state index in [1.54, 1.807) is 6.92 Å². The number of carbonyl (C=O) groups excluding carboxylic acids is 1. The van der Waals surface area contributed by atoms with Crippen LogP contribution in [-0.4, -0.2) is 35.0 Å². The van der Waals surface area contributed by atoms with Gasteiger partial charge in [-0.15, -0.1) is 0 Å². The molecule has 1 unspecified atom stereocenters. The van der Waals surface area contributed by atoms with Crippen molar-refractivity contribution in [1.82, 2.24) is 4.90 Å². The van der Waals surface area contributed by atoms with Gasteiger partial charge in [0.15, 0.2) is 0 Å². The number of likely N-dealkylation sites (tertiary alicyclic amines) is 1. The van der Waals surface area contributed by atoms with E-state index in [4.69, 9.17) is 0 Å². The molecular weight excluding hydrogens is 278 g/mol. The molecule has 1 N–H and O–H groups in total. The molecule has 5 fully saturated rings. The number of piperidine rings is 1. The van der Waals surface area contributed by atoms with Gasteiger partial charge in [0.2, 0.25) is 5.91 Å². The third-order valence-corrected chi connectivity index (χ3v) is 7.04. The molecule has 0 aromatic rings. The minimum atomic E-state index is -0.755. The van der Waals surface area contributed by atoms with Crippen molar-refractivity contribution in [2.75, 3.05) is 13.1 Å². The Kier molecular flexibility index (Phi) is 3.28. The smallest absolute Gasteiger partial charge is 0.311 e. The molecule has 122 valence electrons. The van der Waals surface area contributed by atoms with E-state index >= 15 is 0 Å². The Bertz CT molecular complexity index is 475. The molecule has 22 heavy (non-hydrogen) atoms. The number of hydrogen-bond acceptors (Lipinski definition) is 2. The zero-order chi connectivity index (χ0) is 15.5. The monoisotopic (exact) mass is 305 g/mol. The molecular formula is C18H27NO3. The molecule has 0 radical (unpaired) electrons. The van der Waals surface area contributed by atoms with Crippen molar-refractivity contribution in [3.05, 3.63) is 0 Å². The molecule has 1 aliphatic heterocycles. The highest BCUT2D eigenvalue weighted by molar-refractivity contribution is 5.82. The summed E-state index contributed by atoms with van der Waals surface area (Å²) in [6.07, 6.45) is 7.88. The lowest BCUT2D eigenvalue weighted by atomic mass is 9.51. The van der Waals surface area contributed by atoms with Gasteiger partial charge in [-0.3, -0.25) is 9.59 Å². The van der Waals surface area contributed by atoms with Gasteiger partial charge < -0.3 is 10.0 Å². The predicted octanol–water partition coefficient (Wildman–Crippen LogP) is 2.77. The number of nitrogens with zero attached hydrogens (tertiary/aromatic N) is 1. The van der Waals surface area contributed by atoms with Crippen LogP contribution in [0.3, 0.4) is 0 Å². The average Bonchev–Trinajstić information content (AvgIpc) is 2.46. The van der Waals surface area contributed by atoms with Gasteiger partial charge in [-0.25, -0.2) is 0 Å². The Balaban J connectivity index is 1.51. The molecule has 1 heterocycles. The fraction of sp³-hybridized carbons (Fsp3) is 0.889. The lowest BCUT2D eigenvalue weighted by Crippen LogP contribution is -2.55. The molecule has 1 atom stereocenters. The van der Waals surface area contributed by atoms with Crippen LogP contribution in [0.2, 0.25) is 0 Å². The number of carbonyl (C=O) groups is 2. The lowest BCUT2D eigenvalue weighted by molar-refractivity contribution is -0.159. The maximum atomic E-state index is 13.1. The summed E-state index contributed by atoms with van der Waals surface area (Å²) >= 11 is 0. The Morgan fingerprint density at radius 2 is 1.64 bits per heavy atom. The Morgan fingerprint density at radius 1 is 1.05 bits per heavy atom. The van der Waals surface area contributed by atoms with Gasteiger partial charge in [-0.1, -0.05) is 0 Å². The second-order valence-corrected chi connectivity index (χ2v) is 8.69. The summed E-state index contributed by atoms with van der Waals surface area (Å²) in [4.78, 5) is 26.6. The van der Waals surface area contributed by atoms with Crippen molar-refractivity contribution < 1.29 is 14.7 Å². The standard InChI is InChI=1S/C18H27NO3/c1-18(17(21)22)3-2-4-19(10-18)16(20)15-13-6-11-5-12(8-13)9-14(15)7-11/h11-15H,2-10H2,1H3,(H,21,22). The van der Waals surface area contributed by atoms with Crippen LogP contribution in [0.5, 0.6) is 0 Å². The molecule has 4 bridgehead atoms. The topological polar surface area (TPSA) is 57.6 Å². The van der Waals surface area contributed by atoms with Crippen LogP contribution < -0.4 is 0 Å². The summed E-state index contributed by atoms with van der Waals surface area (Å²) in [7, 11) is 0. The highest BCUT2D eigenvalue weighted by Crippen LogP contribution is 2.57. The van der Waals surface area contributed by atoms with Crippen LogP contribution in [0, 0.1) is 35.0 Å². The molecule has 0 spiro atoms. The molecule has 4 nitrogen and oxygen atoms in total. The van der Waals surface area contributed by atoms with Crippen molar-refractivity contribution in [2.24, 2.45) is 35.0 Å². The first-order chi connectivity index (χ1) is 10.5. The minimum Gasteiger partial charge on any atom is -0.481 e. The van der Waals surface area contributed by atoms with Crippen LogP contribution in [0.4, 0.5) is 0 Å².